The van der Waals surface area contributed by atoms with Crippen LogP contribution in [0.3, 0.4) is 0 Å². The number of carbonyl (C=O) groups is 2. The molecule has 1 atom stereocenters. The Morgan fingerprint density at radius 3 is 2.48 bits per heavy atom. The van der Waals surface area contributed by atoms with Crippen molar-refractivity contribution in [3.05, 3.63) is 32.1 Å². The van der Waals surface area contributed by atoms with Gasteiger partial charge in [-0.3, -0.25) is 19.4 Å². The first-order valence-electron chi connectivity index (χ1n) is 6.66. The van der Waals surface area contributed by atoms with Crippen LogP contribution in [0, 0.1) is 6.92 Å². The van der Waals surface area contributed by atoms with Crippen LogP contribution >= 0.6 is 0 Å². The molecule has 1 unspecified atom stereocenters. The number of amides is 1. The first-order valence-corrected chi connectivity index (χ1v) is 6.66. The standard InChI is InChI=1S/C13H19N3O5/c1-3-8(6-11(18)19)15-10(17)5-4-9-7(2)14-13(21)16-12(9)20/h8H,3-6H2,1-2H3,(H,15,17)(H,18,19)(H2,14,16,20,21). The lowest BCUT2D eigenvalue weighted by Crippen LogP contribution is -2.36. The van der Waals surface area contributed by atoms with Gasteiger partial charge in [-0.1, -0.05) is 6.92 Å². The van der Waals surface area contributed by atoms with Gasteiger partial charge >= 0.3 is 11.7 Å². The monoisotopic (exact) mass is 297 g/mol. The second-order valence-corrected chi connectivity index (χ2v) is 4.78. The number of carboxylic acids is 1. The third-order valence-corrected chi connectivity index (χ3v) is 3.14. The van der Waals surface area contributed by atoms with Gasteiger partial charge in [0.05, 0.1) is 6.42 Å². The van der Waals surface area contributed by atoms with Crippen molar-refractivity contribution in [2.45, 2.75) is 45.6 Å². The van der Waals surface area contributed by atoms with Crippen LogP contribution in [-0.4, -0.2) is 33.0 Å². The Labute approximate surface area is 120 Å². The minimum atomic E-state index is -0.977. The van der Waals surface area contributed by atoms with Crippen LogP contribution in [0.15, 0.2) is 9.59 Å². The molecule has 8 nitrogen and oxygen atoms in total. The summed E-state index contributed by atoms with van der Waals surface area (Å²) >= 11 is 0. The number of H-pyrrole nitrogens is 2. The Morgan fingerprint density at radius 2 is 1.95 bits per heavy atom. The van der Waals surface area contributed by atoms with Crippen LogP contribution in [0.2, 0.25) is 0 Å². The molecule has 0 saturated carbocycles. The Hall–Kier alpha value is -2.38. The fourth-order valence-corrected chi connectivity index (χ4v) is 1.97. The molecule has 1 heterocycles. The molecule has 0 saturated heterocycles. The number of nitrogens with one attached hydrogen (secondary N) is 3. The molecule has 0 spiro atoms. The SMILES string of the molecule is CCC(CC(=O)O)NC(=O)CCc1c(C)[nH]c(=O)[nH]c1=O. The minimum absolute atomic E-state index is 0.0477. The molecular formula is C13H19N3O5. The van der Waals surface area contributed by atoms with Gasteiger partial charge in [0.1, 0.15) is 0 Å². The van der Waals surface area contributed by atoms with Gasteiger partial charge in [0.2, 0.25) is 5.91 Å². The molecule has 116 valence electrons. The summed E-state index contributed by atoms with van der Waals surface area (Å²) in [5, 5.41) is 11.3. The summed E-state index contributed by atoms with van der Waals surface area (Å²) in [6.07, 6.45) is 0.593. The fourth-order valence-electron chi connectivity index (χ4n) is 1.97. The summed E-state index contributed by atoms with van der Waals surface area (Å²) in [5.74, 6) is -1.30. The Bertz CT molecular complexity index is 631. The predicted octanol–water partition coefficient (Wildman–Crippen LogP) is -0.326. The molecule has 0 aromatic carbocycles. The molecule has 0 aliphatic heterocycles. The molecule has 0 aliphatic carbocycles. The zero-order valence-electron chi connectivity index (χ0n) is 12.0. The highest BCUT2D eigenvalue weighted by molar-refractivity contribution is 5.77. The van der Waals surface area contributed by atoms with Crippen molar-refractivity contribution in [3.63, 3.8) is 0 Å². The summed E-state index contributed by atoms with van der Waals surface area (Å²) in [5.41, 5.74) is -0.329. The van der Waals surface area contributed by atoms with Gasteiger partial charge in [0.25, 0.3) is 5.56 Å². The molecule has 1 rings (SSSR count). The lowest BCUT2D eigenvalue weighted by Gasteiger charge is -2.14. The van der Waals surface area contributed by atoms with Gasteiger partial charge in [-0.2, -0.15) is 0 Å². The lowest BCUT2D eigenvalue weighted by atomic mass is 10.1. The molecular weight excluding hydrogens is 278 g/mol. The van der Waals surface area contributed by atoms with E-state index in [1.807, 2.05) is 0 Å². The van der Waals surface area contributed by atoms with E-state index >= 15 is 0 Å². The number of aromatic nitrogens is 2. The van der Waals surface area contributed by atoms with Crippen LogP contribution in [0.25, 0.3) is 0 Å². The van der Waals surface area contributed by atoms with E-state index in [4.69, 9.17) is 5.11 Å². The highest BCUT2D eigenvalue weighted by Gasteiger charge is 2.15. The van der Waals surface area contributed by atoms with Crippen molar-refractivity contribution in [1.82, 2.24) is 15.3 Å². The fraction of sp³-hybridized carbons (Fsp3) is 0.538. The molecule has 1 aromatic heterocycles. The molecule has 8 heteroatoms. The quantitative estimate of drug-likeness (QED) is 0.547. The van der Waals surface area contributed by atoms with Crippen LogP contribution < -0.4 is 16.6 Å². The van der Waals surface area contributed by atoms with Gasteiger partial charge < -0.3 is 15.4 Å². The number of hydrogen-bond donors (Lipinski definition) is 4. The first kappa shape index (κ1) is 16.7. The van der Waals surface area contributed by atoms with E-state index in [9.17, 15) is 19.2 Å². The average Bonchev–Trinajstić information content (AvgIpc) is 2.35. The van der Waals surface area contributed by atoms with Gasteiger partial charge in [-0.15, -0.1) is 0 Å². The second-order valence-electron chi connectivity index (χ2n) is 4.78. The van der Waals surface area contributed by atoms with Crippen LogP contribution in [0.5, 0.6) is 0 Å². The number of aryl methyl sites for hydroxylation is 1. The molecule has 0 aliphatic rings. The van der Waals surface area contributed by atoms with Crippen LogP contribution in [-0.2, 0) is 16.0 Å². The summed E-state index contributed by atoms with van der Waals surface area (Å²) in [6, 6.07) is -0.426. The normalized spacial score (nSPS) is 11.9. The maximum atomic E-state index is 11.8. The predicted molar refractivity (Wildman–Crippen MR) is 75.2 cm³/mol. The van der Waals surface area contributed by atoms with Crippen molar-refractivity contribution in [2.75, 3.05) is 0 Å². The molecule has 0 radical (unpaired) electrons. The molecule has 1 amide bonds. The molecule has 1 aromatic rings. The zero-order valence-corrected chi connectivity index (χ0v) is 12.0. The van der Waals surface area contributed by atoms with E-state index in [1.165, 1.54) is 0 Å². The Balaban J connectivity index is 2.63. The number of hydrogen-bond acceptors (Lipinski definition) is 4. The topological polar surface area (TPSA) is 132 Å². The Kier molecular flexibility index (Phi) is 5.89. The smallest absolute Gasteiger partial charge is 0.325 e. The average molecular weight is 297 g/mol. The lowest BCUT2D eigenvalue weighted by molar-refractivity contribution is -0.137. The number of rotatable bonds is 7. The third-order valence-electron chi connectivity index (χ3n) is 3.14. The van der Waals surface area contributed by atoms with E-state index in [0.29, 0.717) is 17.7 Å². The van der Waals surface area contributed by atoms with Crippen LogP contribution in [0.1, 0.15) is 37.4 Å². The number of carboxylic acid groups (broad SMARTS) is 1. The van der Waals surface area contributed by atoms with Crippen molar-refractivity contribution in [3.8, 4) is 0 Å². The molecule has 21 heavy (non-hydrogen) atoms. The van der Waals surface area contributed by atoms with E-state index < -0.39 is 23.3 Å². The first-order chi connectivity index (χ1) is 9.83. The van der Waals surface area contributed by atoms with E-state index in [2.05, 4.69) is 15.3 Å². The van der Waals surface area contributed by atoms with Gasteiger partial charge in [-0.05, 0) is 19.8 Å². The van der Waals surface area contributed by atoms with Crippen molar-refractivity contribution in [1.29, 1.82) is 0 Å². The summed E-state index contributed by atoms with van der Waals surface area (Å²) < 4.78 is 0. The maximum absolute atomic E-state index is 11.8. The van der Waals surface area contributed by atoms with E-state index in [1.54, 1.807) is 13.8 Å². The summed E-state index contributed by atoms with van der Waals surface area (Å²) in [7, 11) is 0. The van der Waals surface area contributed by atoms with Gasteiger partial charge in [0, 0.05) is 23.7 Å². The molecule has 4 N–H and O–H groups in total. The minimum Gasteiger partial charge on any atom is -0.481 e. The van der Waals surface area contributed by atoms with Crippen molar-refractivity contribution in [2.24, 2.45) is 0 Å². The second kappa shape index (κ2) is 7.41. The molecule has 0 fully saturated rings. The van der Waals surface area contributed by atoms with Gasteiger partial charge in [0.15, 0.2) is 0 Å². The number of aliphatic carboxylic acids is 1. The van der Waals surface area contributed by atoms with Crippen molar-refractivity contribution < 1.29 is 14.7 Å². The highest BCUT2D eigenvalue weighted by Crippen LogP contribution is 2.02. The third kappa shape index (κ3) is 5.25. The van der Waals surface area contributed by atoms with Gasteiger partial charge in [-0.25, -0.2) is 4.79 Å². The number of carbonyl (C=O) groups excluding carboxylic acids is 1. The summed E-state index contributed by atoms with van der Waals surface area (Å²) in [4.78, 5) is 49.6. The van der Waals surface area contributed by atoms with E-state index in [-0.39, 0.29) is 25.2 Å². The van der Waals surface area contributed by atoms with Crippen LogP contribution in [0.4, 0.5) is 0 Å². The van der Waals surface area contributed by atoms with E-state index in [0.717, 1.165) is 0 Å². The zero-order chi connectivity index (χ0) is 16.0. The summed E-state index contributed by atoms with van der Waals surface area (Å²) in [6.45, 7) is 3.37. The Morgan fingerprint density at radius 1 is 1.29 bits per heavy atom. The maximum Gasteiger partial charge on any atom is 0.325 e. The largest absolute Gasteiger partial charge is 0.481 e. The molecule has 0 bridgehead atoms. The highest BCUT2D eigenvalue weighted by atomic mass is 16.4. The number of aromatic amines is 2. The van der Waals surface area contributed by atoms with Crippen molar-refractivity contribution >= 4 is 11.9 Å².